The number of benzene rings is 1. The summed E-state index contributed by atoms with van der Waals surface area (Å²) in [6.45, 7) is 2.27. The van der Waals surface area contributed by atoms with Gasteiger partial charge < -0.3 is 25.3 Å². The molecule has 6 nitrogen and oxygen atoms in total. The van der Waals surface area contributed by atoms with E-state index in [1.165, 1.54) is 0 Å². The van der Waals surface area contributed by atoms with E-state index >= 15 is 0 Å². The molecule has 0 unspecified atom stereocenters. The fourth-order valence-corrected chi connectivity index (χ4v) is 1.67. The molecule has 0 atom stereocenters. The normalized spacial score (nSPS) is 13.5. The molecule has 6 heteroatoms. The largest absolute Gasteiger partial charge is 0.490 e. The van der Waals surface area contributed by atoms with Crippen LogP contribution in [-0.2, 0) is 11.3 Å². The average molecular weight is 266 g/mol. The second-order valence-electron chi connectivity index (χ2n) is 4.12. The van der Waals surface area contributed by atoms with Gasteiger partial charge in [-0.05, 0) is 17.7 Å². The van der Waals surface area contributed by atoms with Gasteiger partial charge in [0.15, 0.2) is 11.5 Å². The van der Waals surface area contributed by atoms with Gasteiger partial charge in [-0.2, -0.15) is 0 Å². The maximum absolute atomic E-state index is 11.3. The fourth-order valence-electron chi connectivity index (χ4n) is 1.67. The first-order valence-electron chi connectivity index (χ1n) is 6.29. The Bertz CT molecular complexity index is 437. The standard InChI is InChI=1S/C13H18N2O4/c14-4-5-15-13(16)19-9-10-2-3-11-12(8-10)18-7-1-6-17-11/h2-3,8H,1,4-7,9,14H2,(H,15,16). The molecule has 1 aromatic rings. The maximum Gasteiger partial charge on any atom is 0.407 e. The molecule has 0 aromatic heterocycles. The molecule has 0 radical (unpaired) electrons. The Kier molecular flexibility index (Phi) is 4.85. The van der Waals surface area contributed by atoms with Crippen LogP contribution in [0, 0.1) is 0 Å². The Balaban J connectivity index is 1.90. The van der Waals surface area contributed by atoms with E-state index in [2.05, 4.69) is 5.32 Å². The first kappa shape index (κ1) is 13.5. The highest BCUT2D eigenvalue weighted by Gasteiger charge is 2.11. The second-order valence-corrected chi connectivity index (χ2v) is 4.12. The van der Waals surface area contributed by atoms with Gasteiger partial charge in [0, 0.05) is 19.5 Å². The van der Waals surface area contributed by atoms with E-state index in [4.69, 9.17) is 19.9 Å². The van der Waals surface area contributed by atoms with Crippen LogP contribution < -0.4 is 20.5 Å². The molecule has 1 aliphatic rings. The van der Waals surface area contributed by atoms with Gasteiger partial charge in [-0.15, -0.1) is 0 Å². The zero-order valence-electron chi connectivity index (χ0n) is 10.7. The second kappa shape index (κ2) is 6.84. The van der Waals surface area contributed by atoms with Crippen LogP contribution in [-0.4, -0.2) is 32.4 Å². The van der Waals surface area contributed by atoms with Crippen molar-refractivity contribution in [2.45, 2.75) is 13.0 Å². The molecule has 0 fully saturated rings. The van der Waals surface area contributed by atoms with Crippen molar-refractivity contribution >= 4 is 6.09 Å². The molecule has 19 heavy (non-hydrogen) atoms. The summed E-state index contributed by atoms with van der Waals surface area (Å²) in [7, 11) is 0. The number of ether oxygens (including phenoxy) is 3. The van der Waals surface area contributed by atoms with Crippen molar-refractivity contribution in [3.05, 3.63) is 23.8 Å². The molecule has 104 valence electrons. The summed E-state index contributed by atoms with van der Waals surface area (Å²) in [6.07, 6.45) is 0.389. The first-order valence-corrected chi connectivity index (χ1v) is 6.29. The lowest BCUT2D eigenvalue weighted by atomic mass is 10.2. The topological polar surface area (TPSA) is 82.8 Å². The van der Waals surface area contributed by atoms with E-state index in [1.807, 2.05) is 18.2 Å². The number of alkyl carbamates (subject to hydrolysis) is 1. The molecule has 0 bridgehead atoms. The summed E-state index contributed by atoms with van der Waals surface area (Å²) in [5, 5.41) is 2.53. The van der Waals surface area contributed by atoms with E-state index in [-0.39, 0.29) is 6.61 Å². The summed E-state index contributed by atoms with van der Waals surface area (Å²) >= 11 is 0. The minimum Gasteiger partial charge on any atom is -0.490 e. The minimum absolute atomic E-state index is 0.188. The van der Waals surface area contributed by atoms with Crippen LogP contribution in [0.15, 0.2) is 18.2 Å². The highest BCUT2D eigenvalue weighted by atomic mass is 16.5. The molecular weight excluding hydrogens is 248 g/mol. The number of nitrogens with one attached hydrogen (secondary N) is 1. The number of rotatable bonds is 4. The summed E-state index contributed by atoms with van der Waals surface area (Å²) in [4.78, 5) is 11.3. The number of nitrogens with two attached hydrogens (primary N) is 1. The molecule has 1 aliphatic heterocycles. The van der Waals surface area contributed by atoms with Gasteiger partial charge in [0.1, 0.15) is 6.61 Å². The lowest BCUT2D eigenvalue weighted by Crippen LogP contribution is -2.29. The third-order valence-electron chi connectivity index (χ3n) is 2.60. The minimum atomic E-state index is -0.474. The van der Waals surface area contributed by atoms with Gasteiger partial charge in [0.2, 0.25) is 0 Å². The van der Waals surface area contributed by atoms with Crippen LogP contribution in [0.4, 0.5) is 4.79 Å². The number of fused-ring (bicyclic) bond motifs is 1. The van der Waals surface area contributed by atoms with Crippen molar-refractivity contribution in [3.8, 4) is 11.5 Å². The van der Waals surface area contributed by atoms with Crippen LogP contribution in [0.1, 0.15) is 12.0 Å². The maximum atomic E-state index is 11.3. The molecule has 0 aliphatic carbocycles. The van der Waals surface area contributed by atoms with Crippen molar-refractivity contribution < 1.29 is 19.0 Å². The van der Waals surface area contributed by atoms with E-state index in [1.54, 1.807) is 0 Å². The Labute approximate surface area is 111 Å². The predicted molar refractivity (Wildman–Crippen MR) is 69.3 cm³/mol. The lowest BCUT2D eigenvalue weighted by molar-refractivity contribution is 0.140. The van der Waals surface area contributed by atoms with Crippen molar-refractivity contribution in [1.29, 1.82) is 0 Å². The van der Waals surface area contributed by atoms with E-state index in [9.17, 15) is 4.79 Å². The number of carbonyl (C=O) groups is 1. The lowest BCUT2D eigenvalue weighted by Gasteiger charge is -2.10. The van der Waals surface area contributed by atoms with Gasteiger partial charge >= 0.3 is 6.09 Å². The third kappa shape index (κ3) is 4.03. The average Bonchev–Trinajstić information content (AvgIpc) is 2.67. The highest BCUT2D eigenvalue weighted by Crippen LogP contribution is 2.30. The molecule has 0 saturated heterocycles. The van der Waals surface area contributed by atoms with Crippen LogP contribution >= 0.6 is 0 Å². The summed E-state index contributed by atoms with van der Waals surface area (Å²) in [5.74, 6) is 1.43. The Morgan fingerprint density at radius 3 is 2.89 bits per heavy atom. The smallest absolute Gasteiger partial charge is 0.407 e. The Morgan fingerprint density at radius 1 is 1.32 bits per heavy atom. The molecule has 0 saturated carbocycles. The molecule has 0 spiro atoms. The SMILES string of the molecule is NCCNC(=O)OCc1ccc2c(c1)OCCCO2. The van der Waals surface area contributed by atoms with Crippen LogP contribution in [0.3, 0.4) is 0 Å². The predicted octanol–water partition coefficient (Wildman–Crippen LogP) is 1.03. The molecule has 1 amide bonds. The monoisotopic (exact) mass is 266 g/mol. The zero-order valence-corrected chi connectivity index (χ0v) is 10.7. The molecule has 3 N–H and O–H groups in total. The first-order chi connectivity index (χ1) is 9.29. The van der Waals surface area contributed by atoms with Gasteiger partial charge in [-0.25, -0.2) is 4.79 Å². The third-order valence-corrected chi connectivity index (χ3v) is 2.60. The molecule has 1 aromatic carbocycles. The summed E-state index contributed by atoms with van der Waals surface area (Å²) in [6, 6.07) is 5.51. The fraction of sp³-hybridized carbons (Fsp3) is 0.462. The van der Waals surface area contributed by atoms with Crippen molar-refractivity contribution in [1.82, 2.24) is 5.32 Å². The van der Waals surface area contributed by atoms with E-state index < -0.39 is 6.09 Å². The molecule has 1 heterocycles. The van der Waals surface area contributed by atoms with Gasteiger partial charge in [-0.1, -0.05) is 6.07 Å². The Morgan fingerprint density at radius 2 is 2.11 bits per heavy atom. The quantitative estimate of drug-likeness (QED) is 0.850. The highest BCUT2D eigenvalue weighted by molar-refractivity contribution is 5.67. The van der Waals surface area contributed by atoms with E-state index in [0.717, 1.165) is 17.7 Å². The summed E-state index contributed by atoms with van der Waals surface area (Å²) < 4.78 is 16.1. The van der Waals surface area contributed by atoms with Gasteiger partial charge in [0.05, 0.1) is 13.2 Å². The summed E-state index contributed by atoms with van der Waals surface area (Å²) in [5.41, 5.74) is 6.13. The number of carbonyl (C=O) groups excluding carboxylic acids is 1. The number of hydrogen-bond donors (Lipinski definition) is 2. The van der Waals surface area contributed by atoms with Crippen LogP contribution in [0.2, 0.25) is 0 Å². The van der Waals surface area contributed by atoms with Crippen molar-refractivity contribution in [2.75, 3.05) is 26.3 Å². The van der Waals surface area contributed by atoms with Crippen molar-refractivity contribution in [2.24, 2.45) is 5.73 Å². The van der Waals surface area contributed by atoms with Crippen molar-refractivity contribution in [3.63, 3.8) is 0 Å². The van der Waals surface area contributed by atoms with Crippen LogP contribution in [0.25, 0.3) is 0 Å². The van der Waals surface area contributed by atoms with E-state index in [0.29, 0.717) is 32.1 Å². The zero-order chi connectivity index (χ0) is 13.5. The Hall–Kier alpha value is -1.95. The van der Waals surface area contributed by atoms with Crippen LogP contribution in [0.5, 0.6) is 11.5 Å². The number of hydrogen-bond acceptors (Lipinski definition) is 5. The molecular formula is C13H18N2O4. The number of amides is 1. The molecule has 2 rings (SSSR count). The van der Waals surface area contributed by atoms with Gasteiger partial charge in [0.25, 0.3) is 0 Å². The van der Waals surface area contributed by atoms with Gasteiger partial charge in [-0.3, -0.25) is 0 Å².